The van der Waals surface area contributed by atoms with Crippen LogP contribution in [-0.4, -0.2) is 5.78 Å². The molecule has 1 heterocycles. The van der Waals surface area contributed by atoms with Crippen LogP contribution >= 0.6 is 7.92 Å². The Labute approximate surface area is 246 Å². The number of Topliss-reactive ketones (excluding diaryl/α,β-unsaturated/α-hetero) is 1. The van der Waals surface area contributed by atoms with Crippen molar-refractivity contribution in [2.75, 3.05) is 0 Å². The van der Waals surface area contributed by atoms with Crippen molar-refractivity contribution in [3.05, 3.63) is 149 Å². The first-order chi connectivity index (χ1) is 19.9. The van der Waals surface area contributed by atoms with Gasteiger partial charge in [-0.2, -0.15) is 0 Å². The molecule has 0 aliphatic carbocycles. The highest BCUT2D eigenvalue weighted by atomic mass is 31.1. The Morgan fingerprint density at radius 2 is 0.854 bits per heavy atom. The molecule has 41 heavy (non-hydrogen) atoms. The summed E-state index contributed by atoms with van der Waals surface area (Å²) in [6.45, 7) is 8.94. The number of hydrogen-bond acceptors (Lipinski definition) is 1. The highest BCUT2D eigenvalue weighted by molar-refractivity contribution is 7.67. The monoisotopic (exact) mass is 552 g/mol. The summed E-state index contributed by atoms with van der Waals surface area (Å²) in [6.07, 6.45) is 1.18. The van der Waals surface area contributed by atoms with Gasteiger partial charge in [0.05, 0.1) is 0 Å². The van der Waals surface area contributed by atoms with Gasteiger partial charge in [0.1, 0.15) is 5.78 Å². The standard InChI is InChI=1S/C39H37OP/c1-26-14-11-15-27(2)37(26)33-22-13-23-34(38-28(3)16-12-17-29(38)4)39(33)41-35(30-18-7-5-8-19-30)24-32(40)25-36(41)31-20-9-6-10-21-31/h5-23,35-36H,24-25H2,1-4H3. The van der Waals surface area contributed by atoms with Gasteiger partial charge in [-0.05, 0) is 88.6 Å². The van der Waals surface area contributed by atoms with Gasteiger partial charge in [0.25, 0.3) is 0 Å². The van der Waals surface area contributed by atoms with Gasteiger partial charge in [-0.1, -0.05) is 123 Å². The number of hydrogen-bond donors (Lipinski definition) is 0. The summed E-state index contributed by atoms with van der Waals surface area (Å²) in [4.78, 5) is 13.5. The zero-order valence-corrected chi connectivity index (χ0v) is 25.3. The van der Waals surface area contributed by atoms with E-state index in [9.17, 15) is 4.79 Å². The number of rotatable bonds is 5. The molecule has 0 bridgehead atoms. The first-order valence-electron chi connectivity index (χ1n) is 14.6. The molecule has 5 aromatic rings. The van der Waals surface area contributed by atoms with Crippen molar-refractivity contribution < 1.29 is 4.79 Å². The van der Waals surface area contributed by atoms with Crippen LogP contribution in [-0.2, 0) is 4.79 Å². The van der Waals surface area contributed by atoms with Crippen molar-refractivity contribution in [2.24, 2.45) is 0 Å². The average Bonchev–Trinajstić information content (AvgIpc) is 2.98. The molecule has 0 saturated carbocycles. The summed E-state index contributed by atoms with van der Waals surface area (Å²) in [6, 6.07) is 41.8. The van der Waals surface area contributed by atoms with E-state index in [4.69, 9.17) is 0 Å². The van der Waals surface area contributed by atoms with E-state index in [1.54, 1.807) is 0 Å². The van der Waals surface area contributed by atoms with Gasteiger partial charge in [-0.25, -0.2) is 0 Å². The van der Waals surface area contributed by atoms with Crippen LogP contribution in [0.1, 0.15) is 57.5 Å². The Kier molecular flexibility index (Phi) is 7.74. The Balaban J connectivity index is 1.73. The maximum atomic E-state index is 13.5. The van der Waals surface area contributed by atoms with Gasteiger partial charge in [-0.3, -0.25) is 4.79 Å². The van der Waals surface area contributed by atoms with Crippen molar-refractivity contribution >= 4 is 19.0 Å². The van der Waals surface area contributed by atoms with Gasteiger partial charge in [0, 0.05) is 24.2 Å². The minimum absolute atomic E-state index is 0.145. The van der Waals surface area contributed by atoms with Gasteiger partial charge >= 0.3 is 0 Å². The van der Waals surface area contributed by atoms with E-state index in [1.807, 2.05) is 0 Å². The van der Waals surface area contributed by atoms with Crippen molar-refractivity contribution in [3.63, 3.8) is 0 Å². The fraction of sp³-hybridized carbons (Fsp3) is 0.205. The molecule has 6 rings (SSSR count). The summed E-state index contributed by atoms with van der Waals surface area (Å²) in [5.74, 6) is 0.365. The van der Waals surface area contributed by atoms with Gasteiger partial charge in [0.2, 0.25) is 0 Å². The molecule has 1 aliphatic heterocycles. The molecule has 1 fully saturated rings. The van der Waals surface area contributed by atoms with Crippen molar-refractivity contribution in [2.45, 2.75) is 51.9 Å². The third-order valence-electron chi connectivity index (χ3n) is 8.68. The highest BCUT2D eigenvalue weighted by Gasteiger charge is 2.41. The molecule has 1 aliphatic rings. The summed E-state index contributed by atoms with van der Waals surface area (Å²) >= 11 is 0. The van der Waals surface area contributed by atoms with Crippen molar-refractivity contribution in [1.82, 2.24) is 0 Å². The van der Waals surface area contributed by atoms with Gasteiger partial charge in [-0.15, -0.1) is 0 Å². The second-order valence-corrected chi connectivity index (χ2v) is 14.0. The Morgan fingerprint density at radius 3 is 1.24 bits per heavy atom. The largest absolute Gasteiger partial charge is 0.300 e. The van der Waals surface area contributed by atoms with Crippen LogP contribution in [0.15, 0.2) is 115 Å². The minimum Gasteiger partial charge on any atom is -0.300 e. The van der Waals surface area contributed by atoms with Crippen LogP contribution in [0.2, 0.25) is 0 Å². The van der Waals surface area contributed by atoms with E-state index in [0.717, 1.165) is 0 Å². The normalized spacial score (nSPS) is 18.8. The molecular formula is C39H37OP. The minimum atomic E-state index is -0.832. The van der Waals surface area contributed by atoms with E-state index in [-0.39, 0.29) is 11.3 Å². The summed E-state index contributed by atoms with van der Waals surface area (Å²) in [7, 11) is -0.832. The molecular weight excluding hydrogens is 515 g/mol. The Morgan fingerprint density at radius 1 is 0.488 bits per heavy atom. The van der Waals surface area contributed by atoms with Crippen molar-refractivity contribution in [3.8, 4) is 22.3 Å². The number of carbonyl (C=O) groups is 1. The molecule has 1 nitrogen and oxygen atoms in total. The second kappa shape index (κ2) is 11.6. The van der Waals surface area contributed by atoms with Crippen LogP contribution in [0.5, 0.6) is 0 Å². The maximum Gasteiger partial charge on any atom is 0.134 e. The summed E-state index contributed by atoms with van der Waals surface area (Å²) < 4.78 is 0. The fourth-order valence-corrected chi connectivity index (χ4v) is 10.6. The molecule has 204 valence electrons. The summed E-state index contributed by atoms with van der Waals surface area (Å²) in [5.41, 5.74) is 13.3. The molecule has 2 heteroatoms. The fourth-order valence-electron chi connectivity index (χ4n) is 6.85. The molecule has 1 saturated heterocycles. The maximum absolute atomic E-state index is 13.5. The lowest BCUT2D eigenvalue weighted by molar-refractivity contribution is -0.119. The highest BCUT2D eigenvalue weighted by Crippen LogP contribution is 2.68. The first kappa shape index (κ1) is 27.4. The van der Waals surface area contributed by atoms with Crippen LogP contribution in [0.3, 0.4) is 0 Å². The smallest absolute Gasteiger partial charge is 0.134 e. The number of ketones is 1. The Bertz CT molecular complexity index is 1540. The third-order valence-corrected chi connectivity index (χ3v) is 12.0. The van der Waals surface area contributed by atoms with Crippen LogP contribution < -0.4 is 5.30 Å². The zero-order valence-electron chi connectivity index (χ0n) is 24.4. The predicted octanol–water partition coefficient (Wildman–Crippen LogP) is 10.2. The van der Waals surface area contributed by atoms with Crippen molar-refractivity contribution in [1.29, 1.82) is 0 Å². The second-order valence-electron chi connectivity index (χ2n) is 11.4. The molecule has 0 aromatic heterocycles. The van der Waals surface area contributed by atoms with E-state index in [0.29, 0.717) is 18.6 Å². The molecule has 0 amide bonds. The molecule has 0 radical (unpaired) electrons. The lowest BCUT2D eigenvalue weighted by Gasteiger charge is -2.41. The van der Waals surface area contributed by atoms with E-state index >= 15 is 0 Å². The van der Waals surface area contributed by atoms with Gasteiger partial charge < -0.3 is 0 Å². The molecule has 0 spiro atoms. The average molecular weight is 553 g/mol. The lowest BCUT2D eigenvalue weighted by atomic mass is 9.90. The number of benzene rings is 5. The number of carbonyl (C=O) groups excluding carboxylic acids is 1. The van der Waals surface area contributed by atoms with Crippen LogP contribution in [0.4, 0.5) is 0 Å². The predicted molar refractivity (Wildman–Crippen MR) is 175 cm³/mol. The van der Waals surface area contributed by atoms with Gasteiger partial charge in [0.15, 0.2) is 0 Å². The van der Waals surface area contributed by atoms with E-state index < -0.39 is 7.92 Å². The summed E-state index contributed by atoms with van der Waals surface area (Å²) in [5, 5.41) is 1.44. The SMILES string of the molecule is Cc1cccc(C)c1-c1cccc(-c2c(C)cccc2C)c1P1C(c2ccccc2)CC(=O)CC1c1ccccc1. The molecule has 2 atom stereocenters. The molecule has 5 aromatic carbocycles. The molecule has 2 unspecified atom stereocenters. The first-order valence-corrected chi connectivity index (χ1v) is 16.1. The zero-order chi connectivity index (χ0) is 28.5. The van der Waals surface area contributed by atoms with E-state index in [1.165, 1.54) is 60.9 Å². The van der Waals surface area contributed by atoms with Crippen LogP contribution in [0.25, 0.3) is 22.3 Å². The molecule has 0 N–H and O–H groups in total. The van der Waals surface area contributed by atoms with Crippen LogP contribution in [0, 0.1) is 27.7 Å². The number of aryl methyl sites for hydroxylation is 4. The third kappa shape index (κ3) is 5.20. The Hall–Kier alpha value is -3.80. The quantitative estimate of drug-likeness (QED) is 0.198. The van der Waals surface area contributed by atoms with E-state index in [2.05, 4.69) is 143 Å². The topological polar surface area (TPSA) is 17.1 Å². The lowest BCUT2D eigenvalue weighted by Crippen LogP contribution is -2.26.